The van der Waals surface area contributed by atoms with E-state index in [1.807, 2.05) is 6.92 Å². The van der Waals surface area contributed by atoms with E-state index >= 15 is 0 Å². The molecule has 1 N–H and O–H groups in total. The average Bonchev–Trinajstić information content (AvgIpc) is 2.11. The molecule has 0 aromatic rings. The molecule has 4 heteroatoms. The quantitative estimate of drug-likeness (QED) is 0.682. The van der Waals surface area contributed by atoms with Crippen LogP contribution >= 0.6 is 0 Å². The monoisotopic (exact) mass is 207 g/mol. The second-order valence-electron chi connectivity index (χ2n) is 3.38. The Kier molecular flexibility index (Phi) is 6.33. The lowest BCUT2D eigenvalue weighted by Gasteiger charge is -2.12. The van der Waals surface area contributed by atoms with Gasteiger partial charge in [-0.05, 0) is 26.3 Å². The Hall–Kier alpha value is -0.0900. The van der Waals surface area contributed by atoms with Gasteiger partial charge in [-0.15, -0.1) is 0 Å². The summed E-state index contributed by atoms with van der Waals surface area (Å²) < 4.78 is 22.3. The van der Waals surface area contributed by atoms with Crippen molar-refractivity contribution in [2.45, 2.75) is 39.7 Å². The Morgan fingerprint density at radius 3 is 2.38 bits per heavy atom. The Morgan fingerprint density at radius 2 is 1.92 bits per heavy atom. The van der Waals surface area contributed by atoms with Gasteiger partial charge >= 0.3 is 0 Å². The zero-order chi connectivity index (χ0) is 10.3. The van der Waals surface area contributed by atoms with Crippen LogP contribution in [0.2, 0.25) is 0 Å². The molecule has 1 unspecified atom stereocenters. The molecule has 0 radical (unpaired) electrons. The van der Waals surface area contributed by atoms with E-state index in [0.717, 1.165) is 19.4 Å². The molecule has 0 amide bonds. The molecule has 0 saturated heterocycles. The fourth-order valence-electron chi connectivity index (χ4n) is 0.993. The standard InChI is InChI=1S/C9H21NO2S/c1-4-7-10-9(3)6-8-13(11,12)5-2/h9-10H,4-8H2,1-3H3. The number of rotatable bonds is 7. The van der Waals surface area contributed by atoms with Gasteiger partial charge in [0.2, 0.25) is 0 Å². The first-order valence-electron chi connectivity index (χ1n) is 4.95. The van der Waals surface area contributed by atoms with Crippen LogP contribution in [0.4, 0.5) is 0 Å². The lowest BCUT2D eigenvalue weighted by Crippen LogP contribution is -2.29. The maximum atomic E-state index is 11.1. The summed E-state index contributed by atoms with van der Waals surface area (Å²) in [5, 5.41) is 3.26. The number of nitrogens with one attached hydrogen (secondary N) is 1. The van der Waals surface area contributed by atoms with Crippen molar-refractivity contribution >= 4 is 9.84 Å². The van der Waals surface area contributed by atoms with Gasteiger partial charge < -0.3 is 5.32 Å². The van der Waals surface area contributed by atoms with Crippen LogP contribution in [0.15, 0.2) is 0 Å². The summed E-state index contributed by atoms with van der Waals surface area (Å²) in [5.74, 6) is 0.564. The summed E-state index contributed by atoms with van der Waals surface area (Å²) in [6.45, 7) is 6.79. The van der Waals surface area contributed by atoms with Crippen LogP contribution in [0.25, 0.3) is 0 Å². The zero-order valence-electron chi connectivity index (χ0n) is 8.84. The van der Waals surface area contributed by atoms with E-state index in [9.17, 15) is 8.42 Å². The first-order valence-corrected chi connectivity index (χ1v) is 6.77. The Bertz CT molecular complexity index is 212. The van der Waals surface area contributed by atoms with E-state index in [-0.39, 0.29) is 5.75 Å². The van der Waals surface area contributed by atoms with E-state index in [0.29, 0.717) is 11.8 Å². The predicted molar refractivity (Wildman–Crippen MR) is 56.7 cm³/mol. The third-order valence-corrected chi connectivity index (χ3v) is 3.78. The van der Waals surface area contributed by atoms with Gasteiger partial charge in [-0.3, -0.25) is 0 Å². The smallest absolute Gasteiger partial charge is 0.150 e. The van der Waals surface area contributed by atoms with Crippen LogP contribution in [0.3, 0.4) is 0 Å². The number of hydrogen-bond donors (Lipinski definition) is 1. The molecule has 0 bridgehead atoms. The highest BCUT2D eigenvalue weighted by Crippen LogP contribution is 1.97. The second kappa shape index (κ2) is 6.38. The maximum absolute atomic E-state index is 11.1. The molecule has 0 aliphatic rings. The molecule has 3 nitrogen and oxygen atoms in total. The molecule has 1 atom stereocenters. The summed E-state index contributed by atoms with van der Waals surface area (Å²) in [5.41, 5.74) is 0. The van der Waals surface area contributed by atoms with Gasteiger partial charge in [-0.1, -0.05) is 13.8 Å². The topological polar surface area (TPSA) is 46.2 Å². The Morgan fingerprint density at radius 1 is 1.31 bits per heavy atom. The molecule has 0 saturated carbocycles. The molecule has 0 fully saturated rings. The van der Waals surface area contributed by atoms with Crippen molar-refractivity contribution in [3.8, 4) is 0 Å². The van der Waals surface area contributed by atoms with Crippen LogP contribution in [0.5, 0.6) is 0 Å². The van der Waals surface area contributed by atoms with Crippen molar-refractivity contribution < 1.29 is 8.42 Å². The minimum Gasteiger partial charge on any atom is -0.314 e. The van der Waals surface area contributed by atoms with Crippen molar-refractivity contribution in [2.75, 3.05) is 18.1 Å². The molecule has 0 aromatic heterocycles. The fourth-order valence-corrected chi connectivity index (χ4v) is 1.99. The molecule has 0 spiro atoms. The molecular formula is C9H21NO2S. The minimum absolute atomic E-state index is 0.257. The van der Waals surface area contributed by atoms with E-state index in [1.165, 1.54) is 0 Å². The fraction of sp³-hybridized carbons (Fsp3) is 1.00. The number of hydrogen-bond acceptors (Lipinski definition) is 3. The molecule has 0 aliphatic heterocycles. The minimum atomic E-state index is -2.78. The number of sulfone groups is 1. The SMILES string of the molecule is CCCNC(C)CCS(=O)(=O)CC. The van der Waals surface area contributed by atoms with E-state index < -0.39 is 9.84 Å². The van der Waals surface area contributed by atoms with Gasteiger partial charge in [0.15, 0.2) is 0 Å². The van der Waals surface area contributed by atoms with Gasteiger partial charge in [-0.25, -0.2) is 8.42 Å². The molecule has 13 heavy (non-hydrogen) atoms. The highest BCUT2D eigenvalue weighted by molar-refractivity contribution is 7.91. The van der Waals surface area contributed by atoms with Crippen molar-refractivity contribution in [3.63, 3.8) is 0 Å². The normalized spacial score (nSPS) is 14.4. The molecule has 0 rings (SSSR count). The van der Waals surface area contributed by atoms with Crippen LogP contribution in [-0.4, -0.2) is 32.5 Å². The van der Waals surface area contributed by atoms with Gasteiger partial charge in [-0.2, -0.15) is 0 Å². The lowest BCUT2D eigenvalue weighted by atomic mass is 10.2. The van der Waals surface area contributed by atoms with E-state index in [1.54, 1.807) is 6.92 Å². The van der Waals surface area contributed by atoms with E-state index in [4.69, 9.17) is 0 Å². The summed E-state index contributed by atoms with van der Waals surface area (Å²) in [4.78, 5) is 0. The third kappa shape index (κ3) is 7.02. The first kappa shape index (κ1) is 12.9. The highest BCUT2D eigenvalue weighted by atomic mass is 32.2. The van der Waals surface area contributed by atoms with Crippen LogP contribution in [0, 0.1) is 0 Å². The lowest BCUT2D eigenvalue weighted by molar-refractivity contribution is 0.526. The molecule has 80 valence electrons. The van der Waals surface area contributed by atoms with Gasteiger partial charge in [0, 0.05) is 11.8 Å². The van der Waals surface area contributed by atoms with Gasteiger partial charge in [0.25, 0.3) is 0 Å². The predicted octanol–water partition coefficient (Wildman–Crippen LogP) is 1.20. The van der Waals surface area contributed by atoms with Gasteiger partial charge in [0.05, 0.1) is 5.75 Å². The van der Waals surface area contributed by atoms with Crippen LogP contribution in [-0.2, 0) is 9.84 Å². The maximum Gasteiger partial charge on any atom is 0.150 e. The van der Waals surface area contributed by atoms with Crippen LogP contribution < -0.4 is 5.32 Å². The Balaban J connectivity index is 3.63. The highest BCUT2D eigenvalue weighted by Gasteiger charge is 2.09. The molecule has 0 aliphatic carbocycles. The largest absolute Gasteiger partial charge is 0.314 e. The zero-order valence-corrected chi connectivity index (χ0v) is 9.65. The van der Waals surface area contributed by atoms with E-state index in [2.05, 4.69) is 12.2 Å². The summed E-state index contributed by atoms with van der Waals surface area (Å²) in [7, 11) is -2.78. The van der Waals surface area contributed by atoms with Crippen LogP contribution in [0.1, 0.15) is 33.6 Å². The molecule has 0 aromatic carbocycles. The summed E-state index contributed by atoms with van der Waals surface area (Å²) in [6.07, 6.45) is 1.81. The van der Waals surface area contributed by atoms with Crippen molar-refractivity contribution in [2.24, 2.45) is 0 Å². The molecule has 0 heterocycles. The Labute approximate surface area is 81.8 Å². The first-order chi connectivity index (χ1) is 6.02. The average molecular weight is 207 g/mol. The van der Waals surface area contributed by atoms with Crippen molar-refractivity contribution in [3.05, 3.63) is 0 Å². The molecular weight excluding hydrogens is 186 g/mol. The van der Waals surface area contributed by atoms with Gasteiger partial charge in [0.1, 0.15) is 9.84 Å². The summed E-state index contributed by atoms with van der Waals surface area (Å²) >= 11 is 0. The summed E-state index contributed by atoms with van der Waals surface area (Å²) in [6, 6.07) is 0.307. The van der Waals surface area contributed by atoms with Crippen molar-refractivity contribution in [1.29, 1.82) is 0 Å². The van der Waals surface area contributed by atoms with Crippen molar-refractivity contribution in [1.82, 2.24) is 5.32 Å². The third-order valence-electron chi connectivity index (χ3n) is 2.04. The second-order valence-corrected chi connectivity index (χ2v) is 5.85.